The van der Waals surface area contributed by atoms with Crippen LogP contribution in [-0.4, -0.2) is 46.2 Å². The van der Waals surface area contributed by atoms with Gasteiger partial charge in [-0.1, -0.05) is 48.2 Å². The molecule has 0 saturated heterocycles. The van der Waals surface area contributed by atoms with E-state index in [0.717, 1.165) is 17.3 Å². The molecule has 0 aliphatic carbocycles. The van der Waals surface area contributed by atoms with E-state index in [1.165, 1.54) is 13.2 Å². The van der Waals surface area contributed by atoms with Crippen LogP contribution in [0.25, 0.3) is 0 Å². The molecular weight excluding hydrogens is 416 g/mol. The van der Waals surface area contributed by atoms with E-state index in [1.54, 1.807) is 23.7 Å². The topological polar surface area (TPSA) is 95.3 Å². The average molecular weight is 435 g/mol. The van der Waals surface area contributed by atoms with E-state index >= 15 is 0 Å². The van der Waals surface area contributed by atoms with E-state index in [1.807, 2.05) is 12.1 Å². The van der Waals surface area contributed by atoms with Crippen molar-refractivity contribution in [2.24, 2.45) is 0 Å². The molecule has 1 aliphatic rings. The summed E-state index contributed by atoms with van der Waals surface area (Å²) in [7, 11) is 1.32. The summed E-state index contributed by atoms with van der Waals surface area (Å²) in [4.78, 5) is 28.6. The zero-order valence-electron chi connectivity index (χ0n) is 15.8. The maximum absolute atomic E-state index is 12.8. The Hall–Kier alpha value is -2.78. The lowest BCUT2D eigenvalue weighted by Crippen LogP contribution is -2.29. The molecule has 1 unspecified atom stereocenters. The summed E-state index contributed by atoms with van der Waals surface area (Å²) in [6.45, 7) is 5.43. The van der Waals surface area contributed by atoms with Gasteiger partial charge in [0.15, 0.2) is 0 Å². The number of fused-ring (bicyclic) bond motifs is 1. The molecule has 8 nitrogen and oxygen atoms in total. The molecule has 0 radical (unpaired) electrons. The number of hydrogen-bond acceptors (Lipinski definition) is 8. The van der Waals surface area contributed by atoms with E-state index in [0.29, 0.717) is 27.4 Å². The Kier molecular flexibility index (Phi) is 6.60. The van der Waals surface area contributed by atoms with Crippen molar-refractivity contribution in [2.75, 3.05) is 24.8 Å². The second kappa shape index (κ2) is 9.15. The van der Waals surface area contributed by atoms with Gasteiger partial charge in [-0.25, -0.2) is 9.48 Å². The van der Waals surface area contributed by atoms with Gasteiger partial charge in [0.05, 0.1) is 18.4 Å². The highest BCUT2D eigenvalue weighted by Gasteiger charge is 2.35. The number of ether oxygens (including phenoxy) is 2. The molecule has 29 heavy (non-hydrogen) atoms. The van der Waals surface area contributed by atoms with Crippen LogP contribution in [0.2, 0.25) is 5.02 Å². The summed E-state index contributed by atoms with van der Waals surface area (Å²) in [5.41, 5.74) is 1.79. The van der Waals surface area contributed by atoms with Crippen LogP contribution in [0.3, 0.4) is 0 Å². The number of carbonyl (C=O) groups excluding carboxylic acids is 2. The number of methoxy groups -OCH3 is 1. The van der Waals surface area contributed by atoms with Crippen molar-refractivity contribution < 1.29 is 19.1 Å². The Morgan fingerprint density at radius 1 is 1.38 bits per heavy atom. The lowest BCUT2D eigenvalue weighted by Gasteiger charge is -2.28. The first-order valence-corrected chi connectivity index (χ1v) is 9.98. The second-order valence-electron chi connectivity index (χ2n) is 6.03. The summed E-state index contributed by atoms with van der Waals surface area (Å²) in [6, 6.07) is 6.55. The molecule has 0 saturated carbocycles. The number of aromatic nitrogens is 3. The third kappa shape index (κ3) is 4.63. The lowest BCUT2D eigenvalue weighted by atomic mass is 9.96. The molecule has 0 fully saturated rings. The van der Waals surface area contributed by atoms with Gasteiger partial charge in [-0.2, -0.15) is 4.98 Å². The zero-order chi connectivity index (χ0) is 21.0. The Morgan fingerprint density at radius 2 is 2.10 bits per heavy atom. The molecule has 10 heteroatoms. The van der Waals surface area contributed by atoms with Crippen LogP contribution in [-0.2, 0) is 19.1 Å². The first-order valence-electron chi connectivity index (χ1n) is 8.62. The van der Waals surface area contributed by atoms with Crippen molar-refractivity contribution in [3.8, 4) is 0 Å². The monoisotopic (exact) mass is 434 g/mol. The molecular formula is C19H19ClN4O4S. The first kappa shape index (κ1) is 20.9. The van der Waals surface area contributed by atoms with Crippen molar-refractivity contribution in [3.05, 3.63) is 58.8 Å². The van der Waals surface area contributed by atoms with Crippen molar-refractivity contribution in [1.82, 2.24) is 14.8 Å². The normalized spacial score (nSPS) is 15.3. The molecule has 1 atom stereocenters. The fraction of sp³-hybridized carbons (Fsp3) is 0.263. The molecule has 0 spiro atoms. The number of anilines is 1. The molecule has 1 aromatic carbocycles. The molecule has 0 amide bonds. The SMILES string of the molecule is C=CCOC(=O)C1=C(C)Nc2nc(SCC(=O)OC)nn2C1c1ccc(Cl)cc1. The lowest BCUT2D eigenvalue weighted by molar-refractivity contribution is -0.138. The van der Waals surface area contributed by atoms with Gasteiger partial charge in [-0.05, 0) is 24.6 Å². The maximum atomic E-state index is 12.8. The van der Waals surface area contributed by atoms with Crippen LogP contribution >= 0.6 is 23.4 Å². The van der Waals surface area contributed by atoms with Gasteiger partial charge >= 0.3 is 11.9 Å². The average Bonchev–Trinajstić information content (AvgIpc) is 3.12. The molecule has 2 aromatic rings. The molecule has 3 rings (SSSR count). The minimum Gasteiger partial charge on any atom is -0.468 e. The number of rotatable bonds is 7. The van der Waals surface area contributed by atoms with Gasteiger partial charge in [-0.15, -0.1) is 5.10 Å². The smallest absolute Gasteiger partial charge is 0.338 e. The Balaban J connectivity index is 2.01. The van der Waals surface area contributed by atoms with Crippen molar-refractivity contribution >= 4 is 41.2 Å². The highest BCUT2D eigenvalue weighted by molar-refractivity contribution is 7.99. The molecule has 1 aromatic heterocycles. The number of esters is 2. The van der Waals surface area contributed by atoms with Crippen LogP contribution in [0.5, 0.6) is 0 Å². The van der Waals surface area contributed by atoms with E-state index in [2.05, 4.69) is 26.7 Å². The molecule has 2 heterocycles. The summed E-state index contributed by atoms with van der Waals surface area (Å²) in [5, 5.41) is 8.53. The van der Waals surface area contributed by atoms with Crippen LogP contribution in [0, 0.1) is 0 Å². The third-order valence-corrected chi connectivity index (χ3v) is 5.18. The largest absolute Gasteiger partial charge is 0.468 e. The predicted molar refractivity (Wildman–Crippen MR) is 110 cm³/mol. The predicted octanol–water partition coefficient (Wildman–Crippen LogP) is 3.21. The number of allylic oxidation sites excluding steroid dienone is 1. The van der Waals surface area contributed by atoms with Crippen molar-refractivity contribution in [2.45, 2.75) is 18.1 Å². The second-order valence-corrected chi connectivity index (χ2v) is 7.41. The van der Waals surface area contributed by atoms with Gasteiger partial charge in [0.1, 0.15) is 12.6 Å². The van der Waals surface area contributed by atoms with E-state index < -0.39 is 12.0 Å². The number of benzene rings is 1. The summed E-state index contributed by atoms with van der Waals surface area (Å²) >= 11 is 7.17. The fourth-order valence-electron chi connectivity index (χ4n) is 2.80. The van der Waals surface area contributed by atoms with Crippen LogP contribution in [0.4, 0.5) is 5.95 Å². The number of nitrogens with one attached hydrogen (secondary N) is 1. The minimum atomic E-state index is -0.569. The first-order chi connectivity index (χ1) is 13.9. The Bertz CT molecular complexity index is 971. The number of carbonyl (C=O) groups is 2. The molecule has 1 N–H and O–H groups in total. The highest BCUT2D eigenvalue weighted by Crippen LogP contribution is 2.37. The van der Waals surface area contributed by atoms with Crippen LogP contribution in [0.15, 0.2) is 53.3 Å². The van der Waals surface area contributed by atoms with Crippen LogP contribution in [0.1, 0.15) is 18.5 Å². The van der Waals surface area contributed by atoms with Crippen molar-refractivity contribution in [3.63, 3.8) is 0 Å². The molecule has 0 bridgehead atoms. The summed E-state index contributed by atoms with van der Waals surface area (Å²) in [6.07, 6.45) is 1.50. The van der Waals surface area contributed by atoms with Gasteiger partial charge in [-0.3, -0.25) is 4.79 Å². The fourth-order valence-corrected chi connectivity index (χ4v) is 3.59. The summed E-state index contributed by atoms with van der Waals surface area (Å²) in [5.74, 6) is -0.338. The van der Waals surface area contributed by atoms with Gasteiger partial charge in [0.25, 0.3) is 0 Å². The quantitative estimate of drug-likeness (QED) is 0.403. The Labute approximate surface area is 176 Å². The maximum Gasteiger partial charge on any atom is 0.338 e. The Morgan fingerprint density at radius 3 is 2.76 bits per heavy atom. The van der Waals surface area contributed by atoms with Crippen molar-refractivity contribution in [1.29, 1.82) is 0 Å². The summed E-state index contributed by atoms with van der Waals surface area (Å²) < 4.78 is 11.5. The standard InChI is InChI=1S/C19H19ClN4O4S/c1-4-9-28-17(26)15-11(2)21-18-22-19(29-10-14(25)27-3)23-24(18)16(15)12-5-7-13(20)8-6-12/h4-8,16H,1,9-10H2,2-3H3,(H,21,22,23). The third-order valence-electron chi connectivity index (χ3n) is 4.12. The zero-order valence-corrected chi connectivity index (χ0v) is 17.4. The van der Waals surface area contributed by atoms with E-state index in [9.17, 15) is 9.59 Å². The van der Waals surface area contributed by atoms with Gasteiger partial charge in [0.2, 0.25) is 11.1 Å². The van der Waals surface area contributed by atoms with Crippen LogP contribution < -0.4 is 5.32 Å². The van der Waals surface area contributed by atoms with Gasteiger partial charge in [0, 0.05) is 10.7 Å². The van der Waals surface area contributed by atoms with Gasteiger partial charge < -0.3 is 14.8 Å². The molecule has 1 aliphatic heterocycles. The number of thioether (sulfide) groups is 1. The number of halogens is 1. The van der Waals surface area contributed by atoms with E-state index in [4.69, 9.17) is 16.3 Å². The number of nitrogens with zero attached hydrogens (tertiary/aromatic N) is 3. The number of hydrogen-bond donors (Lipinski definition) is 1. The van der Waals surface area contributed by atoms with E-state index in [-0.39, 0.29) is 18.3 Å². The highest BCUT2D eigenvalue weighted by atomic mass is 35.5. The molecule has 152 valence electrons. The minimum absolute atomic E-state index is 0.0756.